The van der Waals surface area contributed by atoms with Gasteiger partial charge in [-0.15, -0.1) is 0 Å². The van der Waals surface area contributed by atoms with Gasteiger partial charge in [-0.1, -0.05) is 49.4 Å². The Labute approximate surface area is 138 Å². The van der Waals surface area contributed by atoms with Gasteiger partial charge in [0, 0.05) is 13.1 Å². The van der Waals surface area contributed by atoms with E-state index in [0.717, 1.165) is 18.4 Å². The number of carbonyl (C=O) groups is 2. The molecule has 23 heavy (non-hydrogen) atoms. The summed E-state index contributed by atoms with van der Waals surface area (Å²) in [6.45, 7) is 5.22. The Balaban J connectivity index is 2.16. The first-order chi connectivity index (χ1) is 11.1. The smallest absolute Gasteiger partial charge is 0.313 e. The van der Waals surface area contributed by atoms with E-state index in [2.05, 4.69) is 0 Å². The zero-order chi connectivity index (χ0) is 16.7. The van der Waals surface area contributed by atoms with Crippen molar-refractivity contribution in [1.29, 1.82) is 0 Å². The summed E-state index contributed by atoms with van der Waals surface area (Å²) in [6.07, 6.45) is 5.60. The standard InChI is InChI=1S/C19H25NO3/c1-3-23-19(22)17-12-8-5-9-13-20(18(21)15(17)2)14-16-10-6-4-7-11-16/h4,6-8,10-12,15,17H,3,5,9,13-14H2,1-2H3/b12-8+/t15-,17-/m1/s1. The maximum atomic E-state index is 12.9. The summed E-state index contributed by atoms with van der Waals surface area (Å²) in [4.78, 5) is 26.9. The van der Waals surface area contributed by atoms with Crippen LogP contribution in [-0.2, 0) is 20.9 Å². The fraction of sp³-hybridized carbons (Fsp3) is 0.474. The lowest BCUT2D eigenvalue weighted by Gasteiger charge is -2.27. The van der Waals surface area contributed by atoms with E-state index in [-0.39, 0.29) is 11.9 Å². The molecular formula is C19H25NO3. The van der Waals surface area contributed by atoms with E-state index in [1.807, 2.05) is 54.3 Å². The molecule has 0 fully saturated rings. The molecule has 1 heterocycles. The molecule has 2 rings (SSSR count). The zero-order valence-corrected chi connectivity index (χ0v) is 13.9. The Bertz CT molecular complexity index is 553. The van der Waals surface area contributed by atoms with Gasteiger partial charge in [0.2, 0.25) is 5.91 Å². The lowest BCUT2D eigenvalue weighted by molar-refractivity contribution is -0.152. The van der Waals surface area contributed by atoms with Crippen LogP contribution in [0.25, 0.3) is 0 Å². The van der Waals surface area contributed by atoms with Crippen molar-refractivity contribution in [2.24, 2.45) is 11.8 Å². The summed E-state index contributed by atoms with van der Waals surface area (Å²) in [7, 11) is 0. The molecule has 0 spiro atoms. The number of nitrogens with zero attached hydrogens (tertiary/aromatic N) is 1. The molecule has 0 aromatic heterocycles. The predicted molar refractivity (Wildman–Crippen MR) is 89.5 cm³/mol. The van der Waals surface area contributed by atoms with E-state index in [0.29, 0.717) is 19.7 Å². The number of amides is 1. The molecule has 0 bridgehead atoms. The average molecular weight is 315 g/mol. The van der Waals surface area contributed by atoms with Crippen molar-refractivity contribution in [3.05, 3.63) is 48.0 Å². The largest absolute Gasteiger partial charge is 0.466 e. The summed E-state index contributed by atoms with van der Waals surface area (Å²) in [5.74, 6) is -1.21. The molecule has 0 saturated heterocycles. The number of carbonyl (C=O) groups excluding carboxylic acids is 2. The average Bonchev–Trinajstić information content (AvgIpc) is 2.62. The van der Waals surface area contributed by atoms with Crippen LogP contribution >= 0.6 is 0 Å². The van der Waals surface area contributed by atoms with E-state index in [4.69, 9.17) is 4.74 Å². The van der Waals surface area contributed by atoms with Crippen molar-refractivity contribution in [3.63, 3.8) is 0 Å². The van der Waals surface area contributed by atoms with Crippen LogP contribution in [0.5, 0.6) is 0 Å². The number of allylic oxidation sites excluding steroid dienone is 1. The zero-order valence-electron chi connectivity index (χ0n) is 13.9. The third-order valence-corrected chi connectivity index (χ3v) is 4.16. The molecule has 124 valence electrons. The van der Waals surface area contributed by atoms with E-state index >= 15 is 0 Å². The number of rotatable bonds is 4. The van der Waals surface area contributed by atoms with Gasteiger partial charge in [-0.05, 0) is 25.3 Å². The summed E-state index contributed by atoms with van der Waals surface area (Å²) in [5, 5.41) is 0. The Kier molecular flexibility index (Phi) is 6.39. The quantitative estimate of drug-likeness (QED) is 0.633. The highest BCUT2D eigenvalue weighted by Gasteiger charge is 2.32. The minimum absolute atomic E-state index is 0.0125. The van der Waals surface area contributed by atoms with Gasteiger partial charge in [0.25, 0.3) is 0 Å². The van der Waals surface area contributed by atoms with Gasteiger partial charge in [0.15, 0.2) is 0 Å². The number of hydrogen-bond donors (Lipinski definition) is 0. The maximum absolute atomic E-state index is 12.9. The topological polar surface area (TPSA) is 46.6 Å². The molecule has 4 heteroatoms. The molecule has 0 N–H and O–H groups in total. The second-order valence-corrected chi connectivity index (χ2v) is 5.88. The first-order valence-electron chi connectivity index (χ1n) is 8.29. The molecule has 0 aliphatic carbocycles. The summed E-state index contributed by atoms with van der Waals surface area (Å²) in [5.41, 5.74) is 1.10. The van der Waals surface area contributed by atoms with Crippen molar-refractivity contribution in [1.82, 2.24) is 4.90 Å². The second kappa shape index (κ2) is 8.51. The van der Waals surface area contributed by atoms with Gasteiger partial charge in [-0.3, -0.25) is 9.59 Å². The number of hydrogen-bond acceptors (Lipinski definition) is 3. The molecule has 1 amide bonds. The van der Waals surface area contributed by atoms with E-state index in [1.165, 1.54) is 0 Å². The molecular weight excluding hydrogens is 290 g/mol. The van der Waals surface area contributed by atoms with Gasteiger partial charge in [-0.25, -0.2) is 0 Å². The Morgan fingerprint density at radius 1 is 1.30 bits per heavy atom. The third kappa shape index (κ3) is 4.68. The SMILES string of the molecule is CCOC(=O)[C@@H]1/C=C/CCCN(Cc2ccccc2)C(=O)[C@@H]1C. The predicted octanol–water partition coefficient (Wildman–Crippen LogP) is 3.18. The summed E-state index contributed by atoms with van der Waals surface area (Å²) >= 11 is 0. The van der Waals surface area contributed by atoms with Gasteiger partial charge >= 0.3 is 5.97 Å². The highest BCUT2D eigenvalue weighted by molar-refractivity contribution is 5.86. The Morgan fingerprint density at radius 2 is 2.04 bits per heavy atom. The first kappa shape index (κ1) is 17.3. The second-order valence-electron chi connectivity index (χ2n) is 5.88. The van der Waals surface area contributed by atoms with E-state index < -0.39 is 11.8 Å². The molecule has 0 saturated carbocycles. The minimum atomic E-state index is -0.501. The molecule has 0 unspecified atom stereocenters. The molecule has 4 nitrogen and oxygen atoms in total. The van der Waals surface area contributed by atoms with Gasteiger partial charge < -0.3 is 9.64 Å². The van der Waals surface area contributed by atoms with Crippen molar-refractivity contribution in [3.8, 4) is 0 Å². The van der Waals surface area contributed by atoms with Crippen LogP contribution in [0.3, 0.4) is 0 Å². The van der Waals surface area contributed by atoms with Crippen LogP contribution in [0.15, 0.2) is 42.5 Å². The number of ether oxygens (including phenoxy) is 1. The summed E-state index contributed by atoms with van der Waals surface area (Å²) in [6, 6.07) is 9.95. The first-order valence-corrected chi connectivity index (χ1v) is 8.29. The van der Waals surface area contributed by atoms with Crippen molar-refractivity contribution >= 4 is 11.9 Å². The van der Waals surface area contributed by atoms with Gasteiger partial charge in [0.05, 0.1) is 18.4 Å². The molecule has 1 aromatic rings. The molecule has 2 atom stereocenters. The van der Waals surface area contributed by atoms with Crippen LogP contribution in [-0.4, -0.2) is 29.9 Å². The van der Waals surface area contributed by atoms with Crippen LogP contribution in [0.2, 0.25) is 0 Å². The lowest BCUT2D eigenvalue weighted by atomic mass is 9.92. The number of esters is 1. The highest BCUT2D eigenvalue weighted by Crippen LogP contribution is 2.22. The Hall–Kier alpha value is -2.10. The molecule has 1 aliphatic heterocycles. The normalized spacial score (nSPS) is 23.6. The molecule has 1 aromatic carbocycles. The fourth-order valence-corrected chi connectivity index (χ4v) is 2.84. The van der Waals surface area contributed by atoms with Crippen molar-refractivity contribution in [2.45, 2.75) is 33.2 Å². The van der Waals surface area contributed by atoms with Gasteiger partial charge in [0.1, 0.15) is 0 Å². The third-order valence-electron chi connectivity index (χ3n) is 4.16. The van der Waals surface area contributed by atoms with Crippen molar-refractivity contribution in [2.75, 3.05) is 13.2 Å². The maximum Gasteiger partial charge on any atom is 0.313 e. The van der Waals surface area contributed by atoms with Crippen LogP contribution in [0.4, 0.5) is 0 Å². The minimum Gasteiger partial charge on any atom is -0.466 e. The van der Waals surface area contributed by atoms with Crippen LogP contribution < -0.4 is 0 Å². The van der Waals surface area contributed by atoms with E-state index in [9.17, 15) is 9.59 Å². The lowest BCUT2D eigenvalue weighted by Crippen LogP contribution is -2.39. The highest BCUT2D eigenvalue weighted by atomic mass is 16.5. The van der Waals surface area contributed by atoms with Gasteiger partial charge in [-0.2, -0.15) is 0 Å². The van der Waals surface area contributed by atoms with Crippen molar-refractivity contribution < 1.29 is 14.3 Å². The Morgan fingerprint density at radius 3 is 2.74 bits per heavy atom. The molecule has 0 radical (unpaired) electrons. The van der Waals surface area contributed by atoms with E-state index in [1.54, 1.807) is 6.92 Å². The van der Waals surface area contributed by atoms with Crippen LogP contribution in [0.1, 0.15) is 32.3 Å². The molecule has 1 aliphatic rings. The number of benzene rings is 1. The van der Waals surface area contributed by atoms with Crippen LogP contribution in [0, 0.1) is 11.8 Å². The monoisotopic (exact) mass is 315 g/mol. The summed E-state index contributed by atoms with van der Waals surface area (Å²) < 4.78 is 5.13. The fourth-order valence-electron chi connectivity index (χ4n) is 2.84.